The third-order valence-electron chi connectivity index (χ3n) is 2.11. The molecule has 0 fully saturated rings. The van der Waals surface area contributed by atoms with Crippen LogP contribution >= 0.6 is 0 Å². The zero-order chi connectivity index (χ0) is 11.5. The number of rotatable bonds is 4. The molecule has 1 aromatic heterocycles. The molecule has 0 aliphatic heterocycles. The second-order valence-electron chi connectivity index (χ2n) is 4.00. The predicted molar refractivity (Wildman–Crippen MR) is 54.6 cm³/mol. The van der Waals surface area contributed by atoms with Crippen molar-refractivity contribution < 1.29 is 14.7 Å². The van der Waals surface area contributed by atoms with Gasteiger partial charge in [0.2, 0.25) is 0 Å². The van der Waals surface area contributed by atoms with E-state index in [-0.39, 0.29) is 12.2 Å². The molecule has 0 unspecified atom stereocenters. The lowest BCUT2D eigenvalue weighted by atomic mass is 9.83. The van der Waals surface area contributed by atoms with Gasteiger partial charge in [-0.15, -0.1) is 0 Å². The van der Waals surface area contributed by atoms with Crippen LogP contribution in [0.3, 0.4) is 0 Å². The summed E-state index contributed by atoms with van der Waals surface area (Å²) < 4.78 is 0. The molecule has 0 spiro atoms. The van der Waals surface area contributed by atoms with Gasteiger partial charge >= 0.3 is 5.97 Å². The van der Waals surface area contributed by atoms with Gasteiger partial charge in [-0.05, 0) is 12.1 Å². The minimum atomic E-state index is -0.982. The Hall–Kier alpha value is -1.71. The fourth-order valence-corrected chi connectivity index (χ4v) is 1.30. The summed E-state index contributed by atoms with van der Waals surface area (Å²) in [5.74, 6) is -1.23. The third kappa shape index (κ3) is 2.87. The van der Waals surface area contributed by atoms with Crippen molar-refractivity contribution in [2.75, 3.05) is 0 Å². The summed E-state index contributed by atoms with van der Waals surface area (Å²) in [6, 6.07) is 5.00. The molecule has 15 heavy (non-hydrogen) atoms. The van der Waals surface area contributed by atoms with E-state index in [4.69, 9.17) is 5.11 Å². The van der Waals surface area contributed by atoms with Crippen molar-refractivity contribution in [2.45, 2.75) is 20.3 Å². The fraction of sp³-hybridized carbons (Fsp3) is 0.364. The molecule has 0 aliphatic rings. The van der Waals surface area contributed by atoms with Gasteiger partial charge in [0.25, 0.3) is 0 Å². The lowest BCUT2D eigenvalue weighted by molar-refractivity contribution is -0.138. The second kappa shape index (κ2) is 4.21. The van der Waals surface area contributed by atoms with Crippen molar-refractivity contribution in [2.24, 2.45) is 5.41 Å². The highest BCUT2D eigenvalue weighted by Crippen LogP contribution is 2.24. The number of carbonyl (C=O) groups excluding carboxylic acids is 1. The number of Topliss-reactive ketones (excluding diaryl/α,β-unsaturated/α-hetero) is 1. The summed E-state index contributed by atoms with van der Waals surface area (Å²) in [6.07, 6.45) is 1.33. The van der Waals surface area contributed by atoms with E-state index in [1.807, 2.05) is 0 Å². The van der Waals surface area contributed by atoms with Crippen LogP contribution in [-0.4, -0.2) is 21.8 Å². The first-order chi connectivity index (χ1) is 6.93. The Kier molecular flexibility index (Phi) is 3.19. The van der Waals surface area contributed by atoms with Crippen molar-refractivity contribution >= 4 is 11.8 Å². The first-order valence-corrected chi connectivity index (χ1v) is 4.61. The molecule has 0 aromatic carbocycles. The quantitative estimate of drug-likeness (QED) is 0.764. The zero-order valence-corrected chi connectivity index (χ0v) is 8.73. The Balaban J connectivity index is 2.89. The largest absolute Gasteiger partial charge is 0.481 e. The highest BCUT2D eigenvalue weighted by Gasteiger charge is 2.31. The molecule has 0 saturated carbocycles. The number of aromatic nitrogens is 1. The van der Waals surface area contributed by atoms with Gasteiger partial charge in [0.1, 0.15) is 5.69 Å². The topological polar surface area (TPSA) is 67.3 Å². The number of carboxylic acids is 1. The molecule has 0 radical (unpaired) electrons. The number of carboxylic acid groups (broad SMARTS) is 1. The Morgan fingerprint density at radius 3 is 2.53 bits per heavy atom. The van der Waals surface area contributed by atoms with Crippen molar-refractivity contribution in [1.29, 1.82) is 0 Å². The Morgan fingerprint density at radius 2 is 2.07 bits per heavy atom. The van der Waals surface area contributed by atoms with E-state index in [0.29, 0.717) is 5.69 Å². The van der Waals surface area contributed by atoms with Crippen LogP contribution in [0.1, 0.15) is 30.8 Å². The van der Waals surface area contributed by atoms with Crippen LogP contribution in [0.15, 0.2) is 24.4 Å². The molecular formula is C11H13NO3. The zero-order valence-electron chi connectivity index (χ0n) is 8.73. The van der Waals surface area contributed by atoms with Gasteiger partial charge in [0.05, 0.1) is 6.42 Å². The molecule has 0 bridgehead atoms. The van der Waals surface area contributed by atoms with Crippen LogP contribution in [0.4, 0.5) is 0 Å². The summed E-state index contributed by atoms with van der Waals surface area (Å²) in [4.78, 5) is 26.4. The van der Waals surface area contributed by atoms with E-state index in [1.54, 1.807) is 32.0 Å². The fourth-order valence-electron chi connectivity index (χ4n) is 1.30. The monoisotopic (exact) mass is 207 g/mol. The van der Waals surface area contributed by atoms with Crippen LogP contribution in [0, 0.1) is 5.41 Å². The smallest absolute Gasteiger partial charge is 0.304 e. The highest BCUT2D eigenvalue weighted by atomic mass is 16.4. The molecule has 1 rings (SSSR count). The Labute approximate surface area is 88.0 Å². The minimum absolute atomic E-state index is 0.192. The van der Waals surface area contributed by atoms with Crippen molar-refractivity contribution in [3.63, 3.8) is 0 Å². The summed E-state index contributed by atoms with van der Waals surface area (Å²) in [7, 11) is 0. The number of carbonyl (C=O) groups is 2. The van der Waals surface area contributed by atoms with E-state index in [1.165, 1.54) is 6.20 Å². The average molecular weight is 207 g/mol. The lowest BCUT2D eigenvalue weighted by Crippen LogP contribution is -2.28. The van der Waals surface area contributed by atoms with Gasteiger partial charge in [-0.3, -0.25) is 14.6 Å². The van der Waals surface area contributed by atoms with E-state index in [9.17, 15) is 9.59 Å². The van der Waals surface area contributed by atoms with Crippen LogP contribution in [0.5, 0.6) is 0 Å². The summed E-state index contributed by atoms with van der Waals surface area (Å²) in [5, 5.41) is 8.67. The predicted octanol–water partition coefficient (Wildman–Crippen LogP) is 1.77. The first kappa shape index (κ1) is 11.4. The van der Waals surface area contributed by atoms with Gasteiger partial charge in [0, 0.05) is 11.6 Å². The van der Waals surface area contributed by atoms with E-state index >= 15 is 0 Å². The maximum absolute atomic E-state index is 11.9. The standard InChI is InChI=1S/C11H13NO3/c1-11(2,7-9(13)14)10(15)8-5-3-4-6-12-8/h3-6H,7H2,1-2H3,(H,13,14). The maximum Gasteiger partial charge on any atom is 0.304 e. The molecule has 0 saturated heterocycles. The maximum atomic E-state index is 11.9. The van der Waals surface area contributed by atoms with Crippen LogP contribution < -0.4 is 0 Å². The summed E-state index contributed by atoms with van der Waals surface area (Å²) >= 11 is 0. The highest BCUT2D eigenvalue weighted by molar-refractivity contribution is 6.00. The Morgan fingerprint density at radius 1 is 1.40 bits per heavy atom. The molecule has 4 heteroatoms. The van der Waals surface area contributed by atoms with Gasteiger partial charge in [-0.2, -0.15) is 0 Å². The van der Waals surface area contributed by atoms with E-state index in [0.717, 1.165) is 0 Å². The molecule has 80 valence electrons. The molecule has 0 amide bonds. The van der Waals surface area contributed by atoms with Crippen LogP contribution in [0.2, 0.25) is 0 Å². The van der Waals surface area contributed by atoms with E-state index in [2.05, 4.69) is 4.98 Å². The molecule has 4 nitrogen and oxygen atoms in total. The second-order valence-corrected chi connectivity index (χ2v) is 4.00. The average Bonchev–Trinajstić information content (AvgIpc) is 2.16. The molecule has 0 atom stereocenters. The van der Waals surface area contributed by atoms with E-state index < -0.39 is 11.4 Å². The normalized spacial score (nSPS) is 11.1. The summed E-state index contributed by atoms with van der Waals surface area (Å²) in [5.41, 5.74) is -0.607. The number of ketones is 1. The van der Waals surface area contributed by atoms with Gasteiger partial charge in [0.15, 0.2) is 5.78 Å². The third-order valence-corrected chi connectivity index (χ3v) is 2.11. The summed E-state index contributed by atoms with van der Waals surface area (Å²) in [6.45, 7) is 3.22. The molecule has 0 aliphatic carbocycles. The SMILES string of the molecule is CC(C)(CC(=O)O)C(=O)c1ccccn1. The first-order valence-electron chi connectivity index (χ1n) is 4.61. The Bertz CT molecular complexity index is 371. The molecule has 1 aromatic rings. The molecular weight excluding hydrogens is 194 g/mol. The minimum Gasteiger partial charge on any atom is -0.481 e. The van der Waals surface area contributed by atoms with Crippen molar-refractivity contribution in [3.8, 4) is 0 Å². The van der Waals surface area contributed by atoms with Gasteiger partial charge in [-0.1, -0.05) is 19.9 Å². The van der Waals surface area contributed by atoms with Crippen molar-refractivity contribution in [3.05, 3.63) is 30.1 Å². The lowest BCUT2D eigenvalue weighted by Gasteiger charge is -2.19. The van der Waals surface area contributed by atoms with Crippen molar-refractivity contribution in [1.82, 2.24) is 4.98 Å². The number of nitrogens with zero attached hydrogens (tertiary/aromatic N) is 1. The number of pyridine rings is 1. The number of hydrogen-bond donors (Lipinski definition) is 1. The van der Waals surface area contributed by atoms with Gasteiger partial charge in [-0.25, -0.2) is 0 Å². The number of hydrogen-bond acceptors (Lipinski definition) is 3. The number of aliphatic carboxylic acids is 1. The van der Waals surface area contributed by atoms with Crippen LogP contribution in [-0.2, 0) is 4.79 Å². The molecule has 1 N–H and O–H groups in total. The van der Waals surface area contributed by atoms with Crippen LogP contribution in [0.25, 0.3) is 0 Å². The molecule has 1 heterocycles. The van der Waals surface area contributed by atoms with Gasteiger partial charge < -0.3 is 5.11 Å².